The van der Waals surface area contributed by atoms with Gasteiger partial charge in [0, 0.05) is 11.1 Å². The number of fused-ring (bicyclic) bond motifs is 3. The fourth-order valence-electron chi connectivity index (χ4n) is 3.64. The van der Waals surface area contributed by atoms with Crippen LogP contribution in [0.1, 0.15) is 36.6 Å². The van der Waals surface area contributed by atoms with E-state index < -0.39 is 11.9 Å². The van der Waals surface area contributed by atoms with Crippen LogP contribution in [0.2, 0.25) is 0 Å². The highest BCUT2D eigenvalue weighted by Crippen LogP contribution is 2.40. The van der Waals surface area contributed by atoms with Crippen molar-refractivity contribution in [1.82, 2.24) is 0 Å². The van der Waals surface area contributed by atoms with E-state index in [0.717, 1.165) is 11.1 Å². The van der Waals surface area contributed by atoms with Crippen LogP contribution in [0.25, 0.3) is 11.1 Å². The maximum atomic E-state index is 13.0. The number of ether oxygens (including phenoxy) is 2. The average molecular weight is 420 g/mol. The van der Waals surface area contributed by atoms with Gasteiger partial charge in [0.25, 0.3) is 0 Å². The number of carbonyl (C=O) groups is 3. The third-order valence-corrected chi connectivity index (χ3v) is 5.20. The van der Waals surface area contributed by atoms with E-state index in [0.29, 0.717) is 22.3 Å². The monoisotopic (exact) mass is 420 g/mol. The molecule has 0 N–H and O–H groups in total. The molecule has 4 aromatic carbocycles. The van der Waals surface area contributed by atoms with Crippen LogP contribution in [-0.4, -0.2) is 17.7 Å². The Morgan fingerprint density at radius 3 is 1.31 bits per heavy atom. The lowest BCUT2D eigenvalue weighted by molar-refractivity contribution is 0.0725. The molecule has 5 heteroatoms. The van der Waals surface area contributed by atoms with Gasteiger partial charge >= 0.3 is 11.9 Å². The van der Waals surface area contributed by atoms with E-state index in [1.54, 1.807) is 84.9 Å². The zero-order valence-corrected chi connectivity index (χ0v) is 16.8. The second kappa shape index (κ2) is 7.96. The Morgan fingerprint density at radius 1 is 0.500 bits per heavy atom. The number of ketones is 1. The van der Waals surface area contributed by atoms with Crippen LogP contribution in [0.5, 0.6) is 11.5 Å². The molecule has 0 aromatic heterocycles. The first kappa shape index (κ1) is 19.5. The molecule has 0 saturated heterocycles. The molecule has 154 valence electrons. The second-order valence-electron chi connectivity index (χ2n) is 7.25. The van der Waals surface area contributed by atoms with Crippen molar-refractivity contribution >= 4 is 17.7 Å². The largest absolute Gasteiger partial charge is 0.423 e. The van der Waals surface area contributed by atoms with Gasteiger partial charge in [-0.15, -0.1) is 0 Å². The maximum absolute atomic E-state index is 13.0. The maximum Gasteiger partial charge on any atom is 0.343 e. The molecule has 0 atom stereocenters. The van der Waals surface area contributed by atoms with Gasteiger partial charge in [-0.3, -0.25) is 4.79 Å². The minimum Gasteiger partial charge on any atom is -0.423 e. The van der Waals surface area contributed by atoms with Gasteiger partial charge in [-0.25, -0.2) is 9.59 Å². The van der Waals surface area contributed by atoms with Crippen molar-refractivity contribution < 1.29 is 23.9 Å². The normalized spacial score (nSPS) is 11.4. The molecule has 0 fully saturated rings. The predicted octanol–water partition coefficient (Wildman–Crippen LogP) is 5.34. The summed E-state index contributed by atoms with van der Waals surface area (Å²) >= 11 is 0. The van der Waals surface area contributed by atoms with Crippen molar-refractivity contribution in [2.75, 3.05) is 0 Å². The first-order valence-corrected chi connectivity index (χ1v) is 9.98. The highest BCUT2D eigenvalue weighted by Gasteiger charge is 2.28. The Kier molecular flexibility index (Phi) is 4.84. The molecule has 32 heavy (non-hydrogen) atoms. The summed E-state index contributed by atoms with van der Waals surface area (Å²) in [6.07, 6.45) is 0. The Balaban J connectivity index is 1.38. The van der Waals surface area contributed by atoms with Crippen LogP contribution in [0, 0.1) is 0 Å². The first-order valence-electron chi connectivity index (χ1n) is 9.98. The molecular formula is C27H16O5. The minimum absolute atomic E-state index is 0.217. The van der Waals surface area contributed by atoms with E-state index in [2.05, 4.69) is 0 Å². The highest BCUT2D eigenvalue weighted by atomic mass is 16.5. The summed E-state index contributed by atoms with van der Waals surface area (Å²) < 4.78 is 10.9. The van der Waals surface area contributed by atoms with Crippen molar-refractivity contribution in [3.63, 3.8) is 0 Å². The number of rotatable bonds is 4. The van der Waals surface area contributed by atoms with E-state index in [9.17, 15) is 14.4 Å². The zero-order valence-electron chi connectivity index (χ0n) is 16.8. The topological polar surface area (TPSA) is 69.7 Å². The molecular weight excluding hydrogens is 404 g/mol. The number of benzene rings is 4. The Bertz CT molecular complexity index is 1250. The summed E-state index contributed by atoms with van der Waals surface area (Å²) in [5, 5.41) is 0. The fourth-order valence-corrected chi connectivity index (χ4v) is 3.64. The zero-order chi connectivity index (χ0) is 22.1. The lowest BCUT2D eigenvalue weighted by Gasteiger charge is -2.07. The molecule has 0 bridgehead atoms. The Labute approximate surface area is 183 Å². The lowest BCUT2D eigenvalue weighted by Crippen LogP contribution is -2.09. The SMILES string of the molecule is O=C(Oc1ccc2c(c1)C(=O)c1cc(OC(=O)c3ccccc3)ccc1-2)c1ccccc1. The van der Waals surface area contributed by atoms with Gasteiger partial charge in [-0.2, -0.15) is 0 Å². The van der Waals surface area contributed by atoms with Gasteiger partial charge in [-0.1, -0.05) is 36.4 Å². The molecule has 5 nitrogen and oxygen atoms in total. The molecule has 0 radical (unpaired) electrons. The standard InChI is InChI=1S/C27H16O5/c28-25-23-15-19(31-26(29)17-7-3-1-4-8-17)11-13-21(23)22-14-12-20(16-24(22)25)32-27(30)18-9-5-2-6-10-18/h1-16H. The van der Waals surface area contributed by atoms with Crippen LogP contribution < -0.4 is 9.47 Å². The van der Waals surface area contributed by atoms with Gasteiger partial charge in [0.1, 0.15) is 11.5 Å². The molecule has 0 amide bonds. The van der Waals surface area contributed by atoms with E-state index in [-0.39, 0.29) is 17.3 Å². The Morgan fingerprint density at radius 2 is 0.906 bits per heavy atom. The van der Waals surface area contributed by atoms with Gasteiger partial charge in [-0.05, 0) is 71.8 Å². The molecule has 0 heterocycles. The van der Waals surface area contributed by atoms with Gasteiger partial charge in [0.15, 0.2) is 5.78 Å². The number of esters is 2. The van der Waals surface area contributed by atoms with Crippen LogP contribution in [0.15, 0.2) is 97.1 Å². The van der Waals surface area contributed by atoms with Crippen molar-refractivity contribution in [2.45, 2.75) is 0 Å². The van der Waals surface area contributed by atoms with E-state index in [4.69, 9.17) is 9.47 Å². The fraction of sp³-hybridized carbons (Fsp3) is 0. The van der Waals surface area contributed by atoms with Gasteiger partial charge in [0.2, 0.25) is 0 Å². The number of hydrogen-bond donors (Lipinski definition) is 0. The quantitative estimate of drug-likeness (QED) is 0.290. The van der Waals surface area contributed by atoms with Crippen molar-refractivity contribution in [2.24, 2.45) is 0 Å². The molecule has 0 aliphatic heterocycles. The van der Waals surface area contributed by atoms with Crippen molar-refractivity contribution in [3.05, 3.63) is 119 Å². The summed E-state index contributed by atoms with van der Waals surface area (Å²) in [5.41, 5.74) is 3.20. The number of hydrogen-bond acceptors (Lipinski definition) is 5. The van der Waals surface area contributed by atoms with Crippen molar-refractivity contribution in [3.8, 4) is 22.6 Å². The van der Waals surface area contributed by atoms with Gasteiger partial charge in [0.05, 0.1) is 11.1 Å². The molecule has 0 spiro atoms. The smallest absolute Gasteiger partial charge is 0.343 e. The Hall–Kier alpha value is -4.51. The van der Waals surface area contributed by atoms with Gasteiger partial charge < -0.3 is 9.47 Å². The molecule has 1 aliphatic carbocycles. The lowest BCUT2D eigenvalue weighted by atomic mass is 10.1. The summed E-state index contributed by atoms with van der Waals surface area (Å²) in [4.78, 5) is 37.7. The van der Waals surface area contributed by atoms with Crippen molar-refractivity contribution in [1.29, 1.82) is 0 Å². The van der Waals surface area contributed by atoms with E-state index in [1.807, 2.05) is 12.1 Å². The highest BCUT2D eigenvalue weighted by molar-refractivity contribution is 6.22. The third-order valence-electron chi connectivity index (χ3n) is 5.20. The summed E-state index contributed by atoms with van der Waals surface area (Å²) in [7, 11) is 0. The third kappa shape index (κ3) is 3.56. The molecule has 1 aliphatic rings. The number of carbonyl (C=O) groups excluding carboxylic acids is 3. The average Bonchev–Trinajstić information content (AvgIpc) is 3.11. The summed E-state index contributed by atoms with van der Waals surface area (Å²) in [5.74, 6) is -0.638. The molecule has 0 unspecified atom stereocenters. The van der Waals surface area contributed by atoms with E-state index in [1.165, 1.54) is 0 Å². The van der Waals surface area contributed by atoms with E-state index >= 15 is 0 Å². The minimum atomic E-state index is -0.497. The molecule has 4 aromatic rings. The van der Waals surface area contributed by atoms with Crippen LogP contribution in [-0.2, 0) is 0 Å². The predicted molar refractivity (Wildman–Crippen MR) is 118 cm³/mol. The van der Waals surface area contributed by atoms with Crippen LogP contribution in [0.4, 0.5) is 0 Å². The molecule has 5 rings (SSSR count). The second-order valence-corrected chi connectivity index (χ2v) is 7.25. The molecule has 0 saturated carbocycles. The summed E-state index contributed by atoms with van der Waals surface area (Å²) in [6.45, 7) is 0. The van der Waals surface area contributed by atoms with Crippen LogP contribution >= 0.6 is 0 Å². The first-order chi connectivity index (χ1) is 15.6. The van der Waals surface area contributed by atoms with Crippen LogP contribution in [0.3, 0.4) is 0 Å². The summed E-state index contributed by atoms with van der Waals surface area (Å²) in [6, 6.07) is 27.2.